The van der Waals surface area contributed by atoms with Gasteiger partial charge in [0.05, 0.1) is 11.9 Å². The SMILES string of the molecule is OCc1nnnn1-c1cccnc1. The molecule has 6 heteroatoms. The van der Waals surface area contributed by atoms with E-state index in [4.69, 9.17) is 5.11 Å². The quantitative estimate of drug-likeness (QED) is 0.672. The summed E-state index contributed by atoms with van der Waals surface area (Å²) >= 11 is 0. The lowest BCUT2D eigenvalue weighted by molar-refractivity contribution is 0.268. The minimum absolute atomic E-state index is 0.193. The van der Waals surface area contributed by atoms with E-state index in [1.165, 1.54) is 4.68 Å². The Morgan fingerprint density at radius 1 is 1.46 bits per heavy atom. The maximum atomic E-state index is 8.88. The lowest BCUT2D eigenvalue weighted by atomic mass is 10.4. The molecule has 1 N–H and O–H groups in total. The normalized spacial score (nSPS) is 10.2. The second kappa shape index (κ2) is 3.28. The van der Waals surface area contributed by atoms with E-state index in [0.717, 1.165) is 5.69 Å². The molecule has 2 heterocycles. The number of aliphatic hydroxyl groups is 1. The van der Waals surface area contributed by atoms with Gasteiger partial charge in [-0.3, -0.25) is 4.98 Å². The summed E-state index contributed by atoms with van der Waals surface area (Å²) in [4.78, 5) is 3.92. The van der Waals surface area contributed by atoms with Crippen LogP contribution in [0, 0.1) is 0 Å². The van der Waals surface area contributed by atoms with Crippen molar-refractivity contribution in [1.29, 1.82) is 0 Å². The lowest BCUT2D eigenvalue weighted by Crippen LogP contribution is -2.02. The van der Waals surface area contributed by atoms with Gasteiger partial charge in [-0.05, 0) is 22.6 Å². The van der Waals surface area contributed by atoms with Crippen LogP contribution in [0.15, 0.2) is 24.5 Å². The molecule has 2 aromatic heterocycles. The number of tetrazole rings is 1. The first kappa shape index (κ1) is 7.81. The molecule has 0 aliphatic carbocycles. The smallest absolute Gasteiger partial charge is 0.182 e. The van der Waals surface area contributed by atoms with Gasteiger partial charge in [0.25, 0.3) is 0 Å². The Morgan fingerprint density at radius 2 is 2.38 bits per heavy atom. The van der Waals surface area contributed by atoms with Gasteiger partial charge in [-0.1, -0.05) is 0 Å². The summed E-state index contributed by atoms with van der Waals surface area (Å²) in [5, 5.41) is 19.7. The molecule has 0 spiro atoms. The second-order valence-corrected chi connectivity index (χ2v) is 2.38. The highest BCUT2D eigenvalue weighted by molar-refractivity contribution is 5.26. The van der Waals surface area contributed by atoms with Crippen LogP contribution in [-0.4, -0.2) is 30.3 Å². The Morgan fingerprint density at radius 3 is 3.08 bits per heavy atom. The van der Waals surface area contributed by atoms with E-state index in [2.05, 4.69) is 20.5 Å². The molecule has 0 saturated heterocycles. The first-order chi connectivity index (χ1) is 6.42. The highest BCUT2D eigenvalue weighted by Gasteiger charge is 2.05. The third-order valence-corrected chi connectivity index (χ3v) is 1.57. The van der Waals surface area contributed by atoms with Crippen LogP contribution in [0.4, 0.5) is 0 Å². The van der Waals surface area contributed by atoms with Crippen LogP contribution >= 0.6 is 0 Å². The van der Waals surface area contributed by atoms with Crippen LogP contribution in [0.1, 0.15) is 5.82 Å². The van der Waals surface area contributed by atoms with Gasteiger partial charge in [-0.25, -0.2) is 0 Å². The van der Waals surface area contributed by atoms with E-state index < -0.39 is 0 Å². The molecule has 13 heavy (non-hydrogen) atoms. The Labute approximate surface area is 73.9 Å². The molecule has 0 unspecified atom stereocenters. The summed E-state index contributed by atoms with van der Waals surface area (Å²) in [6.07, 6.45) is 3.28. The standard InChI is InChI=1S/C7H7N5O/c13-5-7-9-10-11-12(7)6-2-1-3-8-4-6/h1-4,13H,5H2. The molecule has 0 radical (unpaired) electrons. The highest BCUT2D eigenvalue weighted by atomic mass is 16.3. The maximum absolute atomic E-state index is 8.88. The minimum Gasteiger partial charge on any atom is -0.388 e. The average molecular weight is 177 g/mol. The maximum Gasteiger partial charge on any atom is 0.182 e. The van der Waals surface area contributed by atoms with E-state index in [-0.39, 0.29) is 6.61 Å². The van der Waals surface area contributed by atoms with Gasteiger partial charge >= 0.3 is 0 Å². The minimum atomic E-state index is -0.193. The van der Waals surface area contributed by atoms with Gasteiger partial charge in [0.2, 0.25) is 0 Å². The topological polar surface area (TPSA) is 76.7 Å². The molecular formula is C7H7N5O. The number of aromatic nitrogens is 5. The third-order valence-electron chi connectivity index (χ3n) is 1.57. The average Bonchev–Trinajstić information content (AvgIpc) is 2.67. The van der Waals surface area contributed by atoms with Crippen molar-refractivity contribution >= 4 is 0 Å². The van der Waals surface area contributed by atoms with Crippen LogP contribution in [0.5, 0.6) is 0 Å². The molecular weight excluding hydrogens is 170 g/mol. The van der Waals surface area contributed by atoms with Crippen molar-refractivity contribution in [1.82, 2.24) is 25.2 Å². The predicted molar refractivity (Wildman–Crippen MR) is 42.9 cm³/mol. The molecule has 0 saturated carbocycles. The largest absolute Gasteiger partial charge is 0.388 e. The van der Waals surface area contributed by atoms with Gasteiger partial charge in [0, 0.05) is 6.20 Å². The van der Waals surface area contributed by atoms with Crippen LogP contribution in [0.2, 0.25) is 0 Å². The fourth-order valence-corrected chi connectivity index (χ4v) is 0.984. The molecule has 0 atom stereocenters. The van der Waals surface area contributed by atoms with Crippen LogP contribution in [-0.2, 0) is 6.61 Å². The third kappa shape index (κ3) is 1.38. The number of nitrogens with zero attached hydrogens (tertiary/aromatic N) is 5. The zero-order valence-corrected chi connectivity index (χ0v) is 6.70. The number of hydrogen-bond donors (Lipinski definition) is 1. The molecule has 2 aromatic rings. The predicted octanol–water partition coefficient (Wildman–Crippen LogP) is -0.450. The molecule has 0 bridgehead atoms. The highest BCUT2D eigenvalue weighted by Crippen LogP contribution is 2.04. The van der Waals surface area contributed by atoms with Crippen molar-refractivity contribution in [3.8, 4) is 5.69 Å². The van der Waals surface area contributed by atoms with E-state index in [1.54, 1.807) is 18.5 Å². The summed E-state index contributed by atoms with van der Waals surface area (Å²) < 4.78 is 1.44. The molecule has 0 fully saturated rings. The fourth-order valence-electron chi connectivity index (χ4n) is 0.984. The Bertz CT molecular complexity index is 385. The van der Waals surface area contributed by atoms with Crippen LogP contribution < -0.4 is 0 Å². The van der Waals surface area contributed by atoms with Crippen LogP contribution in [0.3, 0.4) is 0 Å². The van der Waals surface area contributed by atoms with E-state index in [9.17, 15) is 0 Å². The van der Waals surface area contributed by atoms with Gasteiger partial charge in [0.15, 0.2) is 5.82 Å². The van der Waals surface area contributed by atoms with Crippen LogP contribution in [0.25, 0.3) is 5.69 Å². The number of rotatable bonds is 2. The molecule has 0 amide bonds. The fraction of sp³-hybridized carbons (Fsp3) is 0.143. The van der Waals surface area contributed by atoms with Crippen molar-refractivity contribution in [3.05, 3.63) is 30.4 Å². The number of hydrogen-bond acceptors (Lipinski definition) is 5. The monoisotopic (exact) mass is 177 g/mol. The molecule has 6 nitrogen and oxygen atoms in total. The Hall–Kier alpha value is -1.82. The Balaban J connectivity index is 2.47. The zero-order chi connectivity index (χ0) is 9.10. The van der Waals surface area contributed by atoms with Gasteiger partial charge < -0.3 is 5.11 Å². The van der Waals surface area contributed by atoms with Crippen molar-refractivity contribution in [3.63, 3.8) is 0 Å². The summed E-state index contributed by atoms with van der Waals surface area (Å²) in [5.41, 5.74) is 0.733. The van der Waals surface area contributed by atoms with Crippen molar-refractivity contribution < 1.29 is 5.11 Å². The van der Waals surface area contributed by atoms with E-state index in [0.29, 0.717) is 5.82 Å². The van der Waals surface area contributed by atoms with Crippen molar-refractivity contribution in [2.24, 2.45) is 0 Å². The Kier molecular flexibility index (Phi) is 1.97. The van der Waals surface area contributed by atoms with E-state index in [1.807, 2.05) is 6.07 Å². The van der Waals surface area contributed by atoms with Gasteiger partial charge in [-0.2, -0.15) is 4.68 Å². The zero-order valence-electron chi connectivity index (χ0n) is 6.70. The van der Waals surface area contributed by atoms with E-state index >= 15 is 0 Å². The number of pyridine rings is 1. The number of aliphatic hydroxyl groups excluding tert-OH is 1. The van der Waals surface area contributed by atoms with Crippen molar-refractivity contribution in [2.45, 2.75) is 6.61 Å². The molecule has 0 aliphatic rings. The summed E-state index contributed by atoms with van der Waals surface area (Å²) in [5.74, 6) is 0.396. The summed E-state index contributed by atoms with van der Waals surface area (Å²) in [6, 6.07) is 3.58. The van der Waals surface area contributed by atoms with Gasteiger partial charge in [0.1, 0.15) is 6.61 Å². The van der Waals surface area contributed by atoms with Gasteiger partial charge in [-0.15, -0.1) is 5.10 Å². The van der Waals surface area contributed by atoms with Crippen molar-refractivity contribution in [2.75, 3.05) is 0 Å². The first-order valence-corrected chi connectivity index (χ1v) is 3.70. The summed E-state index contributed by atoms with van der Waals surface area (Å²) in [6.45, 7) is -0.193. The molecule has 2 rings (SSSR count). The molecule has 66 valence electrons. The molecule has 0 aliphatic heterocycles. The molecule has 0 aromatic carbocycles. The second-order valence-electron chi connectivity index (χ2n) is 2.38. The lowest BCUT2D eigenvalue weighted by Gasteiger charge is -1.99. The summed E-state index contributed by atoms with van der Waals surface area (Å²) in [7, 11) is 0. The first-order valence-electron chi connectivity index (χ1n) is 3.70.